The van der Waals surface area contributed by atoms with Crippen molar-refractivity contribution in [1.82, 2.24) is 4.31 Å². The molecule has 28 heavy (non-hydrogen) atoms. The molecule has 2 fully saturated rings. The van der Waals surface area contributed by atoms with Crippen LogP contribution in [0.5, 0.6) is 0 Å². The predicted octanol–water partition coefficient (Wildman–Crippen LogP) is 3.38. The lowest BCUT2D eigenvalue weighted by molar-refractivity contribution is -0.0258. The minimum atomic E-state index is -3.55. The topological polar surface area (TPSA) is 55.8 Å². The molecule has 0 radical (unpaired) electrons. The zero-order chi connectivity index (χ0) is 19.6. The smallest absolute Gasteiger partial charge is 0.243 e. The molecule has 2 aliphatic rings. The molecule has 0 amide bonds. The van der Waals surface area contributed by atoms with Gasteiger partial charge in [0.1, 0.15) is 0 Å². The summed E-state index contributed by atoms with van der Waals surface area (Å²) in [5, 5.41) is 0. The second kappa shape index (κ2) is 7.95. The lowest BCUT2D eigenvalue weighted by atomic mass is 10.1. The Balaban J connectivity index is 1.46. The molecule has 6 heteroatoms. The largest absolute Gasteiger partial charge is 0.374 e. The van der Waals surface area contributed by atoms with Gasteiger partial charge >= 0.3 is 0 Å². The number of rotatable bonds is 6. The van der Waals surface area contributed by atoms with Gasteiger partial charge < -0.3 is 9.47 Å². The second-order valence-corrected chi connectivity index (χ2v) is 9.98. The summed E-state index contributed by atoms with van der Waals surface area (Å²) in [5.41, 5.74) is 2.12. The molecule has 1 spiro atoms. The average Bonchev–Trinajstić information content (AvgIpc) is 3.49. The van der Waals surface area contributed by atoms with Gasteiger partial charge in [-0.25, -0.2) is 8.42 Å². The Bertz CT molecular complexity index is 892. The molecule has 1 heterocycles. The third-order valence-electron chi connectivity index (χ3n) is 5.58. The number of hydrogen-bond donors (Lipinski definition) is 0. The third-order valence-corrected chi connectivity index (χ3v) is 7.40. The Morgan fingerprint density at radius 1 is 1.11 bits per heavy atom. The highest BCUT2D eigenvalue weighted by Gasteiger charge is 2.49. The molecule has 5 nitrogen and oxygen atoms in total. The maximum atomic E-state index is 13.2. The van der Waals surface area contributed by atoms with Crippen molar-refractivity contribution in [2.24, 2.45) is 5.41 Å². The summed E-state index contributed by atoms with van der Waals surface area (Å²) in [6.45, 7) is 4.29. The minimum absolute atomic E-state index is 0.0219. The molecule has 2 aromatic carbocycles. The summed E-state index contributed by atoms with van der Waals surface area (Å²) >= 11 is 0. The fourth-order valence-corrected chi connectivity index (χ4v) is 5.15. The first-order valence-electron chi connectivity index (χ1n) is 9.77. The van der Waals surface area contributed by atoms with Crippen molar-refractivity contribution in [2.45, 2.75) is 37.4 Å². The normalized spacial score (nSPS) is 22.1. The summed E-state index contributed by atoms with van der Waals surface area (Å²) in [4.78, 5) is 0.347. The van der Waals surface area contributed by atoms with Crippen molar-refractivity contribution in [3.63, 3.8) is 0 Å². The standard InChI is InChI=1S/C22H27NO4S/c1-18-7-9-21(10-8-18)28(24,25)23-13-20(27-17-22(16-23)11-12-22)15-26-14-19-5-3-2-4-6-19/h2-10,20H,11-17H2,1H3/t20-/m0/s1. The van der Waals surface area contributed by atoms with Crippen molar-refractivity contribution in [3.05, 3.63) is 65.7 Å². The molecule has 1 saturated heterocycles. The van der Waals surface area contributed by atoms with Gasteiger partial charge in [-0.05, 0) is 37.5 Å². The Morgan fingerprint density at radius 3 is 2.50 bits per heavy atom. The number of ether oxygens (including phenoxy) is 2. The van der Waals surface area contributed by atoms with Crippen molar-refractivity contribution >= 4 is 10.0 Å². The summed E-state index contributed by atoms with van der Waals surface area (Å²) in [7, 11) is -3.55. The lowest BCUT2D eigenvalue weighted by Gasteiger charge is -2.24. The number of aryl methyl sites for hydroxylation is 1. The van der Waals surface area contributed by atoms with Gasteiger partial charge in [-0.3, -0.25) is 0 Å². The van der Waals surface area contributed by atoms with E-state index in [2.05, 4.69) is 0 Å². The highest BCUT2D eigenvalue weighted by molar-refractivity contribution is 7.89. The van der Waals surface area contributed by atoms with E-state index < -0.39 is 10.0 Å². The van der Waals surface area contributed by atoms with Crippen LogP contribution in [0.1, 0.15) is 24.0 Å². The van der Waals surface area contributed by atoms with E-state index in [1.807, 2.05) is 49.4 Å². The van der Waals surface area contributed by atoms with Crippen molar-refractivity contribution in [1.29, 1.82) is 0 Å². The maximum absolute atomic E-state index is 13.2. The molecule has 4 rings (SSSR count). The zero-order valence-electron chi connectivity index (χ0n) is 16.2. The first kappa shape index (κ1) is 19.6. The van der Waals surface area contributed by atoms with Gasteiger partial charge in [0, 0.05) is 18.5 Å². The second-order valence-electron chi connectivity index (χ2n) is 8.04. The molecular formula is C22H27NO4S. The van der Waals surface area contributed by atoms with Gasteiger partial charge in [0.2, 0.25) is 10.0 Å². The highest BCUT2D eigenvalue weighted by Crippen LogP contribution is 2.48. The van der Waals surface area contributed by atoms with E-state index in [4.69, 9.17) is 9.47 Å². The monoisotopic (exact) mass is 401 g/mol. The van der Waals surface area contributed by atoms with E-state index >= 15 is 0 Å². The number of hydrogen-bond acceptors (Lipinski definition) is 4. The number of nitrogens with zero attached hydrogens (tertiary/aromatic N) is 1. The predicted molar refractivity (Wildman–Crippen MR) is 107 cm³/mol. The fraction of sp³-hybridized carbons (Fsp3) is 0.455. The molecule has 1 aliphatic heterocycles. The Hall–Kier alpha value is -1.73. The molecule has 0 aromatic heterocycles. The summed E-state index contributed by atoms with van der Waals surface area (Å²) in [6, 6.07) is 17.0. The molecular weight excluding hydrogens is 374 g/mol. The maximum Gasteiger partial charge on any atom is 0.243 e. The first-order chi connectivity index (χ1) is 13.5. The van der Waals surface area contributed by atoms with Gasteiger partial charge in [0.15, 0.2) is 0 Å². The van der Waals surface area contributed by atoms with E-state index in [0.29, 0.717) is 37.8 Å². The molecule has 1 atom stereocenters. The fourth-order valence-electron chi connectivity index (χ4n) is 3.56. The lowest BCUT2D eigenvalue weighted by Crippen LogP contribution is -2.40. The van der Waals surface area contributed by atoms with Crippen LogP contribution in [-0.4, -0.2) is 45.1 Å². The molecule has 2 aromatic rings. The Labute approximate surface area is 167 Å². The van der Waals surface area contributed by atoms with Gasteiger partial charge in [-0.15, -0.1) is 0 Å². The average molecular weight is 402 g/mol. The zero-order valence-corrected chi connectivity index (χ0v) is 17.0. The molecule has 1 saturated carbocycles. The summed E-state index contributed by atoms with van der Waals surface area (Å²) in [6.07, 6.45) is 1.78. The highest BCUT2D eigenvalue weighted by atomic mass is 32.2. The van der Waals surface area contributed by atoms with E-state index in [0.717, 1.165) is 24.0 Å². The van der Waals surface area contributed by atoms with E-state index in [1.165, 1.54) is 0 Å². The molecule has 0 bridgehead atoms. The van der Waals surface area contributed by atoms with Crippen LogP contribution >= 0.6 is 0 Å². The Kier molecular flexibility index (Phi) is 5.56. The van der Waals surface area contributed by atoms with Gasteiger partial charge in [-0.2, -0.15) is 4.31 Å². The van der Waals surface area contributed by atoms with Crippen LogP contribution in [-0.2, 0) is 26.1 Å². The van der Waals surface area contributed by atoms with Crippen LogP contribution in [0.3, 0.4) is 0 Å². The van der Waals surface area contributed by atoms with Crippen molar-refractivity contribution < 1.29 is 17.9 Å². The SMILES string of the molecule is Cc1ccc(S(=O)(=O)N2C[C@@H](COCc3ccccc3)OCC3(CC3)C2)cc1. The van der Waals surface area contributed by atoms with Crippen molar-refractivity contribution in [3.8, 4) is 0 Å². The van der Waals surface area contributed by atoms with Crippen molar-refractivity contribution in [2.75, 3.05) is 26.3 Å². The first-order valence-corrected chi connectivity index (χ1v) is 11.2. The quantitative estimate of drug-likeness (QED) is 0.745. The molecule has 0 unspecified atom stereocenters. The van der Waals surface area contributed by atoms with E-state index in [9.17, 15) is 8.42 Å². The summed E-state index contributed by atoms with van der Waals surface area (Å²) < 4.78 is 40.0. The van der Waals surface area contributed by atoms with Crippen LogP contribution in [0.2, 0.25) is 0 Å². The van der Waals surface area contributed by atoms with Crippen LogP contribution < -0.4 is 0 Å². The minimum Gasteiger partial charge on any atom is -0.374 e. The van der Waals surface area contributed by atoms with E-state index in [-0.39, 0.29) is 11.5 Å². The number of sulfonamides is 1. The third kappa shape index (κ3) is 4.46. The Morgan fingerprint density at radius 2 is 1.82 bits per heavy atom. The molecule has 0 N–H and O–H groups in total. The van der Waals surface area contributed by atoms with E-state index in [1.54, 1.807) is 16.4 Å². The summed E-state index contributed by atoms with van der Waals surface area (Å²) in [5.74, 6) is 0. The van der Waals surface area contributed by atoms with Crippen LogP contribution in [0, 0.1) is 12.3 Å². The van der Waals surface area contributed by atoms with Crippen LogP contribution in [0.4, 0.5) is 0 Å². The van der Waals surface area contributed by atoms with Gasteiger partial charge in [0.25, 0.3) is 0 Å². The molecule has 150 valence electrons. The molecule has 1 aliphatic carbocycles. The number of benzene rings is 2. The van der Waals surface area contributed by atoms with Crippen LogP contribution in [0.25, 0.3) is 0 Å². The van der Waals surface area contributed by atoms with Gasteiger partial charge in [0.05, 0.1) is 30.8 Å². The van der Waals surface area contributed by atoms with Gasteiger partial charge in [-0.1, -0.05) is 48.0 Å². The van der Waals surface area contributed by atoms with Crippen LogP contribution in [0.15, 0.2) is 59.5 Å².